The van der Waals surface area contributed by atoms with Crippen molar-refractivity contribution in [2.24, 2.45) is 0 Å². The number of halogens is 1. The summed E-state index contributed by atoms with van der Waals surface area (Å²) in [6, 6.07) is 25.3. The molecule has 1 N–H and O–H groups in total. The number of benzene rings is 3. The number of hydrogen-bond donors (Lipinski definition) is 1. The third-order valence-electron chi connectivity index (χ3n) is 4.16. The van der Waals surface area contributed by atoms with Gasteiger partial charge in [0.2, 0.25) is 5.91 Å². The van der Waals surface area contributed by atoms with Gasteiger partial charge in [-0.2, -0.15) is 0 Å². The number of carbonyl (C=O) groups excluding carboxylic acids is 1. The van der Waals surface area contributed by atoms with Gasteiger partial charge in [-0.3, -0.25) is 4.79 Å². The van der Waals surface area contributed by atoms with E-state index in [-0.39, 0.29) is 11.9 Å². The maximum Gasteiger partial charge on any atom is 0.244 e. The zero-order valence-corrected chi connectivity index (χ0v) is 16.5. The van der Waals surface area contributed by atoms with Crippen LogP contribution in [-0.4, -0.2) is 13.0 Å². The molecule has 0 unspecified atom stereocenters. The molecule has 3 rings (SSSR count). The van der Waals surface area contributed by atoms with Crippen LogP contribution in [0.25, 0.3) is 6.08 Å². The molecule has 0 radical (unpaired) electrons. The normalized spacial score (nSPS) is 10.9. The van der Waals surface area contributed by atoms with E-state index >= 15 is 0 Å². The molecule has 0 saturated carbocycles. The Bertz CT molecular complexity index is 884. The summed E-state index contributed by atoms with van der Waals surface area (Å²) in [5, 5.41) is 3.09. The Balaban J connectivity index is 1.82. The lowest BCUT2D eigenvalue weighted by atomic mass is 9.98. The highest BCUT2D eigenvalue weighted by Gasteiger charge is 2.15. The molecule has 27 heavy (non-hydrogen) atoms. The van der Waals surface area contributed by atoms with Gasteiger partial charge in [0, 0.05) is 16.1 Å². The third kappa shape index (κ3) is 5.08. The van der Waals surface area contributed by atoms with E-state index in [1.165, 1.54) is 6.08 Å². The van der Waals surface area contributed by atoms with Gasteiger partial charge in [0.25, 0.3) is 0 Å². The van der Waals surface area contributed by atoms with Crippen molar-refractivity contribution >= 4 is 27.9 Å². The number of carbonyl (C=O) groups is 1. The number of rotatable bonds is 6. The summed E-state index contributed by atoms with van der Waals surface area (Å²) in [5.74, 6) is 0.541. The fourth-order valence-electron chi connectivity index (χ4n) is 2.84. The number of amides is 1. The van der Waals surface area contributed by atoms with E-state index in [4.69, 9.17) is 4.74 Å². The molecule has 136 valence electrons. The van der Waals surface area contributed by atoms with Crippen LogP contribution >= 0.6 is 15.9 Å². The molecule has 1 amide bonds. The van der Waals surface area contributed by atoms with Crippen LogP contribution in [0.2, 0.25) is 0 Å². The second-order valence-electron chi connectivity index (χ2n) is 5.98. The molecule has 3 nitrogen and oxygen atoms in total. The van der Waals surface area contributed by atoms with Crippen LogP contribution in [0.5, 0.6) is 5.75 Å². The molecule has 0 aliphatic heterocycles. The van der Waals surface area contributed by atoms with Crippen LogP contribution in [0.4, 0.5) is 0 Å². The topological polar surface area (TPSA) is 38.3 Å². The van der Waals surface area contributed by atoms with Gasteiger partial charge in [-0.25, -0.2) is 0 Å². The van der Waals surface area contributed by atoms with Crippen LogP contribution in [0.3, 0.4) is 0 Å². The molecule has 0 aliphatic carbocycles. The first-order chi connectivity index (χ1) is 13.2. The molecule has 0 aliphatic rings. The highest BCUT2D eigenvalue weighted by atomic mass is 79.9. The van der Waals surface area contributed by atoms with Gasteiger partial charge in [0.15, 0.2) is 0 Å². The van der Waals surface area contributed by atoms with Crippen molar-refractivity contribution in [2.75, 3.05) is 7.11 Å². The van der Waals surface area contributed by atoms with Crippen molar-refractivity contribution in [3.8, 4) is 5.75 Å². The van der Waals surface area contributed by atoms with Crippen LogP contribution < -0.4 is 10.1 Å². The largest absolute Gasteiger partial charge is 0.496 e. The van der Waals surface area contributed by atoms with Crippen molar-refractivity contribution in [3.63, 3.8) is 0 Å². The van der Waals surface area contributed by atoms with E-state index in [1.54, 1.807) is 13.2 Å². The standard InChI is InChI=1S/C23H20BrNO2/c1-27-21-14-13-20(24)16-19(21)12-15-22(26)25-23(17-8-4-2-5-9-17)18-10-6-3-7-11-18/h2-16,23H,1H3,(H,25,26)/b15-12+. The van der Waals surface area contributed by atoms with Gasteiger partial charge in [0.1, 0.15) is 5.75 Å². The Labute approximate surface area is 167 Å². The van der Waals surface area contributed by atoms with Crippen LogP contribution in [0.15, 0.2) is 89.4 Å². The summed E-state index contributed by atoms with van der Waals surface area (Å²) >= 11 is 3.44. The van der Waals surface area contributed by atoms with E-state index in [2.05, 4.69) is 21.2 Å². The van der Waals surface area contributed by atoms with Gasteiger partial charge in [0.05, 0.1) is 13.2 Å². The lowest BCUT2D eigenvalue weighted by Gasteiger charge is -2.19. The summed E-state index contributed by atoms with van der Waals surface area (Å²) in [7, 11) is 1.61. The third-order valence-corrected chi connectivity index (χ3v) is 4.65. The minimum Gasteiger partial charge on any atom is -0.496 e. The molecule has 0 spiro atoms. The second-order valence-corrected chi connectivity index (χ2v) is 6.90. The molecule has 0 heterocycles. The predicted molar refractivity (Wildman–Crippen MR) is 113 cm³/mol. The lowest BCUT2D eigenvalue weighted by molar-refractivity contribution is -0.116. The Morgan fingerprint density at radius 2 is 1.56 bits per heavy atom. The number of methoxy groups -OCH3 is 1. The van der Waals surface area contributed by atoms with Gasteiger partial charge >= 0.3 is 0 Å². The molecule has 0 fully saturated rings. The highest BCUT2D eigenvalue weighted by molar-refractivity contribution is 9.10. The summed E-state index contributed by atoms with van der Waals surface area (Å²) in [5.41, 5.74) is 2.90. The summed E-state index contributed by atoms with van der Waals surface area (Å²) in [4.78, 5) is 12.6. The van der Waals surface area contributed by atoms with Crippen molar-refractivity contribution < 1.29 is 9.53 Å². The van der Waals surface area contributed by atoms with Gasteiger partial charge in [-0.1, -0.05) is 76.6 Å². The summed E-state index contributed by atoms with van der Waals surface area (Å²) in [6.45, 7) is 0. The molecule has 4 heteroatoms. The molecule has 3 aromatic carbocycles. The number of hydrogen-bond acceptors (Lipinski definition) is 2. The number of nitrogens with one attached hydrogen (secondary N) is 1. The zero-order valence-electron chi connectivity index (χ0n) is 14.9. The van der Waals surface area contributed by atoms with Crippen LogP contribution in [-0.2, 0) is 4.79 Å². The lowest BCUT2D eigenvalue weighted by Crippen LogP contribution is -2.27. The fraction of sp³-hybridized carbons (Fsp3) is 0.0870. The van der Waals surface area contributed by atoms with E-state index in [0.29, 0.717) is 5.75 Å². The first-order valence-electron chi connectivity index (χ1n) is 8.59. The smallest absolute Gasteiger partial charge is 0.244 e. The van der Waals surface area contributed by atoms with Gasteiger partial charge in [-0.15, -0.1) is 0 Å². The molecule has 3 aromatic rings. The molecule has 0 bridgehead atoms. The fourth-order valence-corrected chi connectivity index (χ4v) is 3.22. The SMILES string of the molecule is COc1ccc(Br)cc1/C=C/C(=O)NC(c1ccccc1)c1ccccc1. The number of ether oxygens (including phenoxy) is 1. The monoisotopic (exact) mass is 421 g/mol. The Morgan fingerprint density at radius 1 is 0.963 bits per heavy atom. The minimum absolute atomic E-state index is 0.172. The maximum atomic E-state index is 12.6. The van der Waals surface area contributed by atoms with Crippen molar-refractivity contribution in [2.45, 2.75) is 6.04 Å². The average Bonchev–Trinajstić information content (AvgIpc) is 2.72. The zero-order chi connectivity index (χ0) is 19.1. The van der Waals surface area contributed by atoms with E-state index in [0.717, 1.165) is 21.2 Å². The van der Waals surface area contributed by atoms with Crippen molar-refractivity contribution in [3.05, 3.63) is 106 Å². The Hall–Kier alpha value is -2.85. The first kappa shape index (κ1) is 18.9. The summed E-state index contributed by atoms with van der Waals surface area (Å²) in [6.07, 6.45) is 3.29. The maximum absolute atomic E-state index is 12.6. The van der Waals surface area contributed by atoms with E-state index < -0.39 is 0 Å². The predicted octanol–water partition coefficient (Wildman–Crippen LogP) is 5.38. The van der Waals surface area contributed by atoms with Crippen molar-refractivity contribution in [1.29, 1.82) is 0 Å². The highest BCUT2D eigenvalue weighted by Crippen LogP contribution is 2.25. The van der Waals surface area contributed by atoms with Crippen LogP contribution in [0.1, 0.15) is 22.7 Å². The van der Waals surface area contributed by atoms with Gasteiger partial charge in [-0.05, 0) is 35.4 Å². The van der Waals surface area contributed by atoms with E-state index in [1.807, 2.05) is 78.9 Å². The second kappa shape index (κ2) is 9.19. The van der Waals surface area contributed by atoms with E-state index in [9.17, 15) is 4.79 Å². The average molecular weight is 422 g/mol. The quantitative estimate of drug-likeness (QED) is 0.542. The van der Waals surface area contributed by atoms with Gasteiger partial charge < -0.3 is 10.1 Å². The Kier molecular flexibility index (Phi) is 6.44. The first-order valence-corrected chi connectivity index (χ1v) is 9.38. The Morgan fingerprint density at radius 3 is 2.11 bits per heavy atom. The van der Waals surface area contributed by atoms with Crippen LogP contribution in [0, 0.1) is 0 Å². The molecule has 0 saturated heterocycles. The molecular weight excluding hydrogens is 402 g/mol. The summed E-state index contributed by atoms with van der Waals surface area (Å²) < 4.78 is 6.27. The van der Waals surface area contributed by atoms with Crippen molar-refractivity contribution in [1.82, 2.24) is 5.32 Å². The molecule has 0 atom stereocenters. The molecular formula is C23H20BrNO2. The molecule has 0 aromatic heterocycles. The minimum atomic E-state index is -0.214.